The number of likely N-dealkylation sites (tertiary alicyclic amines) is 1. The maximum atomic E-state index is 13.0. The average Bonchev–Trinajstić information content (AvgIpc) is 3.36. The van der Waals surface area contributed by atoms with Crippen LogP contribution in [0.3, 0.4) is 0 Å². The number of nitrogens with zero attached hydrogens (tertiary/aromatic N) is 1. The molecule has 0 saturated carbocycles. The summed E-state index contributed by atoms with van der Waals surface area (Å²) in [6.07, 6.45) is -0.755. The normalized spacial score (nSPS) is 15.2. The van der Waals surface area contributed by atoms with Crippen LogP contribution < -0.4 is 16.2 Å². The minimum atomic E-state index is -0.929. The molecule has 1 aliphatic rings. The van der Waals surface area contributed by atoms with E-state index in [4.69, 9.17) is 9.47 Å². The lowest BCUT2D eigenvalue weighted by Crippen LogP contribution is -2.53. The number of amides is 4. The zero-order chi connectivity index (χ0) is 28.2. The van der Waals surface area contributed by atoms with Gasteiger partial charge in [-0.2, -0.15) is 0 Å². The number of hydrazine groups is 1. The third-order valence-corrected chi connectivity index (χ3v) is 6.41. The predicted octanol–water partition coefficient (Wildman–Crippen LogP) is 3.33. The fourth-order valence-corrected chi connectivity index (χ4v) is 4.22. The van der Waals surface area contributed by atoms with Gasteiger partial charge in [-0.1, -0.05) is 91.0 Å². The Hall–Kier alpha value is -4.70. The lowest BCUT2D eigenvalue weighted by molar-refractivity contribution is -0.130. The molecule has 1 fully saturated rings. The van der Waals surface area contributed by atoms with E-state index in [-0.39, 0.29) is 38.6 Å². The summed E-state index contributed by atoms with van der Waals surface area (Å²) in [5, 5.41) is 2.62. The molecule has 0 spiro atoms. The van der Waals surface area contributed by atoms with Crippen LogP contribution in [0.25, 0.3) is 0 Å². The number of benzene rings is 3. The van der Waals surface area contributed by atoms with E-state index in [1.165, 1.54) is 0 Å². The maximum absolute atomic E-state index is 13.0. The van der Waals surface area contributed by atoms with Gasteiger partial charge in [0.1, 0.15) is 19.3 Å². The largest absolute Gasteiger partial charge is 0.445 e. The van der Waals surface area contributed by atoms with Crippen LogP contribution in [-0.4, -0.2) is 48.0 Å². The van der Waals surface area contributed by atoms with Gasteiger partial charge in [-0.05, 0) is 23.1 Å². The van der Waals surface area contributed by atoms with E-state index < -0.39 is 30.1 Å². The summed E-state index contributed by atoms with van der Waals surface area (Å²) < 4.78 is 10.6. The SMILES string of the molecule is O=C(N[C@@H](Cc1ccccc1)C(=O)NNCC1CCN(C(=O)OCc2ccccc2)C1=O)OCc1ccccc1. The second-order valence-corrected chi connectivity index (χ2v) is 9.33. The van der Waals surface area contributed by atoms with Crippen molar-refractivity contribution in [3.63, 3.8) is 0 Å². The number of rotatable bonds is 11. The molecule has 0 bridgehead atoms. The highest BCUT2D eigenvalue weighted by Gasteiger charge is 2.36. The average molecular weight is 545 g/mol. The minimum Gasteiger partial charge on any atom is -0.445 e. The number of hydrogen-bond donors (Lipinski definition) is 3. The van der Waals surface area contributed by atoms with Gasteiger partial charge in [0.15, 0.2) is 0 Å². The van der Waals surface area contributed by atoms with Crippen molar-refractivity contribution in [2.45, 2.75) is 32.1 Å². The van der Waals surface area contributed by atoms with Crippen LogP contribution in [0.15, 0.2) is 91.0 Å². The Balaban J connectivity index is 1.25. The van der Waals surface area contributed by atoms with Gasteiger partial charge in [-0.25, -0.2) is 19.9 Å². The highest BCUT2D eigenvalue weighted by atomic mass is 16.6. The Morgan fingerprint density at radius 2 is 1.35 bits per heavy atom. The smallest absolute Gasteiger partial charge is 0.416 e. The van der Waals surface area contributed by atoms with Crippen LogP contribution in [-0.2, 0) is 38.7 Å². The van der Waals surface area contributed by atoms with Crippen molar-refractivity contribution in [3.8, 4) is 0 Å². The van der Waals surface area contributed by atoms with Crippen molar-refractivity contribution >= 4 is 24.0 Å². The van der Waals surface area contributed by atoms with Crippen molar-refractivity contribution < 1.29 is 28.7 Å². The van der Waals surface area contributed by atoms with E-state index in [2.05, 4.69) is 16.2 Å². The molecule has 3 N–H and O–H groups in total. The van der Waals surface area contributed by atoms with Crippen molar-refractivity contribution in [1.82, 2.24) is 21.1 Å². The topological polar surface area (TPSA) is 126 Å². The first kappa shape index (κ1) is 28.3. The lowest BCUT2D eigenvalue weighted by atomic mass is 10.1. The molecule has 1 unspecified atom stereocenters. The van der Waals surface area contributed by atoms with Crippen molar-refractivity contribution in [1.29, 1.82) is 0 Å². The predicted molar refractivity (Wildman–Crippen MR) is 146 cm³/mol. The van der Waals surface area contributed by atoms with Crippen molar-refractivity contribution in [2.24, 2.45) is 5.92 Å². The van der Waals surface area contributed by atoms with Crippen molar-refractivity contribution in [2.75, 3.05) is 13.1 Å². The Labute approximate surface area is 232 Å². The molecule has 4 amide bonds. The third-order valence-electron chi connectivity index (χ3n) is 6.41. The molecule has 3 aromatic rings. The summed E-state index contributed by atoms with van der Waals surface area (Å²) in [6.45, 7) is 0.492. The molecule has 1 aliphatic heterocycles. The number of carbonyl (C=O) groups is 4. The first-order chi connectivity index (χ1) is 19.5. The number of nitrogens with one attached hydrogen (secondary N) is 3. The molecule has 40 heavy (non-hydrogen) atoms. The second-order valence-electron chi connectivity index (χ2n) is 9.33. The third kappa shape index (κ3) is 8.40. The van der Waals surface area contributed by atoms with Crippen LogP contribution >= 0.6 is 0 Å². The zero-order valence-electron chi connectivity index (χ0n) is 22.0. The standard InChI is InChI=1S/C30H32N4O6/c35-27(26(18-22-10-4-1-5-11-22)32-29(37)39-20-23-12-6-2-7-13-23)33-31-19-25-16-17-34(28(25)36)30(38)40-21-24-14-8-3-9-15-24/h1-15,25-26,31H,16-21H2,(H,32,37)(H,33,35)/t25?,26-/m0/s1. The lowest BCUT2D eigenvalue weighted by Gasteiger charge is -2.20. The minimum absolute atomic E-state index is 0.0681. The van der Waals surface area contributed by atoms with E-state index in [1.54, 1.807) is 0 Å². The molecule has 10 nitrogen and oxygen atoms in total. The van der Waals surface area contributed by atoms with E-state index in [1.807, 2.05) is 91.0 Å². The number of hydrogen-bond acceptors (Lipinski definition) is 7. The van der Waals surface area contributed by atoms with Crippen LogP contribution in [0.5, 0.6) is 0 Å². The summed E-state index contributed by atoms with van der Waals surface area (Å²) in [4.78, 5) is 51.7. The highest BCUT2D eigenvalue weighted by molar-refractivity contribution is 5.95. The molecule has 208 valence electrons. The van der Waals surface area contributed by atoms with E-state index in [9.17, 15) is 19.2 Å². The highest BCUT2D eigenvalue weighted by Crippen LogP contribution is 2.18. The number of carbonyl (C=O) groups excluding carboxylic acids is 4. The molecule has 4 rings (SSSR count). The molecule has 1 heterocycles. The molecule has 0 aromatic heterocycles. The van der Waals surface area contributed by atoms with Crippen LogP contribution in [0, 0.1) is 5.92 Å². The van der Waals surface area contributed by atoms with Gasteiger partial charge in [-0.3, -0.25) is 15.0 Å². The number of alkyl carbamates (subject to hydrolysis) is 1. The van der Waals surface area contributed by atoms with Crippen LogP contribution in [0.1, 0.15) is 23.1 Å². The Kier molecular flexibility index (Phi) is 10.2. The molecule has 3 aromatic carbocycles. The zero-order valence-corrected chi connectivity index (χ0v) is 22.0. The van der Waals surface area contributed by atoms with Crippen LogP contribution in [0.4, 0.5) is 9.59 Å². The van der Waals surface area contributed by atoms with Gasteiger partial charge in [0.05, 0.1) is 5.92 Å². The summed E-state index contributed by atoms with van der Waals surface area (Å²) in [5.74, 6) is -1.38. The first-order valence-corrected chi connectivity index (χ1v) is 13.1. The Bertz CT molecular complexity index is 1270. The number of ether oxygens (including phenoxy) is 2. The Morgan fingerprint density at radius 3 is 1.95 bits per heavy atom. The molecule has 10 heteroatoms. The summed E-state index contributed by atoms with van der Waals surface area (Å²) in [7, 11) is 0. The summed E-state index contributed by atoms with van der Waals surface area (Å²) >= 11 is 0. The quantitative estimate of drug-likeness (QED) is 0.316. The van der Waals surface area contributed by atoms with Gasteiger partial charge >= 0.3 is 12.2 Å². The van der Waals surface area contributed by atoms with E-state index >= 15 is 0 Å². The fourth-order valence-electron chi connectivity index (χ4n) is 4.22. The monoisotopic (exact) mass is 544 g/mol. The molecule has 2 atom stereocenters. The molecule has 0 radical (unpaired) electrons. The molecular formula is C30H32N4O6. The Morgan fingerprint density at radius 1 is 0.800 bits per heavy atom. The second kappa shape index (κ2) is 14.5. The molecule has 1 saturated heterocycles. The van der Waals surface area contributed by atoms with Gasteiger partial charge < -0.3 is 14.8 Å². The molecule has 0 aliphatic carbocycles. The van der Waals surface area contributed by atoms with Gasteiger partial charge in [-0.15, -0.1) is 0 Å². The summed E-state index contributed by atoms with van der Waals surface area (Å²) in [6, 6.07) is 26.8. The van der Waals surface area contributed by atoms with Crippen molar-refractivity contribution in [3.05, 3.63) is 108 Å². The number of imide groups is 1. The maximum Gasteiger partial charge on any atom is 0.416 e. The van der Waals surface area contributed by atoms with E-state index in [0.29, 0.717) is 6.42 Å². The first-order valence-electron chi connectivity index (χ1n) is 13.1. The van der Waals surface area contributed by atoms with Gasteiger partial charge in [0.25, 0.3) is 5.91 Å². The van der Waals surface area contributed by atoms with Gasteiger partial charge in [0, 0.05) is 19.5 Å². The molecular weight excluding hydrogens is 512 g/mol. The summed E-state index contributed by atoms with van der Waals surface area (Å²) in [5.41, 5.74) is 7.85. The van der Waals surface area contributed by atoms with Crippen LogP contribution in [0.2, 0.25) is 0 Å². The van der Waals surface area contributed by atoms with Gasteiger partial charge in [0.2, 0.25) is 5.91 Å². The fraction of sp³-hybridized carbons (Fsp3) is 0.267. The van der Waals surface area contributed by atoms with E-state index in [0.717, 1.165) is 21.6 Å².